The maximum atomic E-state index is 13.0. The van der Waals surface area contributed by atoms with Gasteiger partial charge in [0, 0.05) is 10.7 Å². The van der Waals surface area contributed by atoms with E-state index in [4.69, 9.17) is 11.6 Å². The molecule has 0 saturated heterocycles. The predicted octanol–water partition coefficient (Wildman–Crippen LogP) is 4.66. The average Bonchev–Trinajstić information content (AvgIpc) is 2.25. The molecule has 5 heteroatoms. The maximum Gasteiger partial charge on any atom is 0.412 e. The van der Waals surface area contributed by atoms with Crippen molar-refractivity contribution in [1.82, 2.24) is 0 Å². The number of benzene rings is 1. The Hall–Kier alpha value is -1.42. The molecule has 1 aliphatic heterocycles. The molecule has 1 atom stereocenters. The monoisotopic (exact) mass is 273 g/mol. The van der Waals surface area contributed by atoms with Gasteiger partial charge in [-0.25, -0.2) is 0 Å². The summed E-state index contributed by atoms with van der Waals surface area (Å²) in [6, 6.07) is 3.01. The lowest BCUT2D eigenvalue weighted by atomic mass is 9.93. The van der Waals surface area contributed by atoms with E-state index in [2.05, 4.69) is 11.9 Å². The van der Waals surface area contributed by atoms with E-state index in [-0.39, 0.29) is 5.57 Å². The summed E-state index contributed by atoms with van der Waals surface area (Å²) in [5.74, 6) is 0. The van der Waals surface area contributed by atoms with Gasteiger partial charge in [-0.3, -0.25) is 0 Å². The molecule has 0 radical (unpaired) electrons. The first kappa shape index (κ1) is 13.0. The third kappa shape index (κ3) is 2.38. The Morgan fingerprint density at radius 1 is 1.39 bits per heavy atom. The highest BCUT2D eigenvalue weighted by Crippen LogP contribution is 2.38. The molecule has 1 heterocycles. The number of nitrogens with one attached hydrogen (secondary N) is 1. The SMILES string of the molecule is C=C(C)C1=Cc2cc(Cl)ccc2NC1C(F)(F)F. The molecule has 1 nitrogen and oxygen atoms in total. The van der Waals surface area contributed by atoms with Gasteiger partial charge in [0.1, 0.15) is 6.04 Å². The highest BCUT2D eigenvalue weighted by molar-refractivity contribution is 6.30. The molecule has 1 N–H and O–H groups in total. The molecule has 1 aromatic rings. The molecule has 2 rings (SSSR count). The highest BCUT2D eigenvalue weighted by Gasteiger charge is 2.43. The van der Waals surface area contributed by atoms with Crippen LogP contribution in [0, 0.1) is 0 Å². The molecule has 1 unspecified atom stereocenters. The van der Waals surface area contributed by atoms with Gasteiger partial charge >= 0.3 is 6.18 Å². The zero-order valence-corrected chi connectivity index (χ0v) is 10.4. The Bertz CT molecular complexity index is 532. The second kappa shape index (κ2) is 4.35. The molecular formula is C13H11ClF3N. The number of fused-ring (bicyclic) bond motifs is 1. The van der Waals surface area contributed by atoms with Crippen LogP contribution < -0.4 is 5.32 Å². The Morgan fingerprint density at radius 2 is 2.06 bits per heavy atom. The fourth-order valence-electron chi connectivity index (χ4n) is 1.90. The summed E-state index contributed by atoms with van der Waals surface area (Å²) in [7, 11) is 0. The van der Waals surface area contributed by atoms with Crippen molar-refractivity contribution in [2.24, 2.45) is 0 Å². The number of rotatable bonds is 1. The van der Waals surface area contributed by atoms with Gasteiger partial charge in [0.2, 0.25) is 0 Å². The lowest BCUT2D eigenvalue weighted by molar-refractivity contribution is -0.134. The smallest absolute Gasteiger partial charge is 0.370 e. The molecular weight excluding hydrogens is 263 g/mol. The highest BCUT2D eigenvalue weighted by atomic mass is 35.5. The van der Waals surface area contributed by atoms with Crippen molar-refractivity contribution >= 4 is 23.4 Å². The molecule has 1 aromatic carbocycles. The van der Waals surface area contributed by atoms with E-state index in [9.17, 15) is 13.2 Å². The number of alkyl halides is 3. The van der Waals surface area contributed by atoms with E-state index in [0.29, 0.717) is 21.8 Å². The topological polar surface area (TPSA) is 12.0 Å². The minimum Gasteiger partial charge on any atom is -0.370 e. The number of hydrogen-bond donors (Lipinski definition) is 1. The van der Waals surface area contributed by atoms with Crippen LogP contribution >= 0.6 is 11.6 Å². The second-order valence-corrected chi connectivity index (χ2v) is 4.67. The molecule has 0 saturated carbocycles. The van der Waals surface area contributed by atoms with E-state index in [1.165, 1.54) is 6.08 Å². The minimum absolute atomic E-state index is 0.136. The van der Waals surface area contributed by atoms with Crippen LogP contribution in [-0.2, 0) is 0 Å². The lowest BCUT2D eigenvalue weighted by Gasteiger charge is -2.30. The first-order valence-electron chi connectivity index (χ1n) is 5.29. The van der Waals surface area contributed by atoms with Crippen LogP contribution in [-0.4, -0.2) is 12.2 Å². The maximum absolute atomic E-state index is 13.0. The van der Waals surface area contributed by atoms with Crippen LogP contribution in [0.4, 0.5) is 18.9 Å². The van der Waals surface area contributed by atoms with Crippen molar-refractivity contribution in [3.63, 3.8) is 0 Å². The van der Waals surface area contributed by atoms with Gasteiger partial charge in [0.25, 0.3) is 0 Å². The van der Waals surface area contributed by atoms with Gasteiger partial charge in [0.15, 0.2) is 0 Å². The van der Waals surface area contributed by atoms with Gasteiger partial charge in [-0.15, -0.1) is 0 Å². The molecule has 0 bridgehead atoms. The van der Waals surface area contributed by atoms with Crippen molar-refractivity contribution in [3.8, 4) is 0 Å². The lowest BCUT2D eigenvalue weighted by Crippen LogP contribution is -2.39. The quantitative estimate of drug-likeness (QED) is 0.785. The van der Waals surface area contributed by atoms with Crippen molar-refractivity contribution in [3.05, 3.63) is 46.5 Å². The Morgan fingerprint density at radius 3 is 2.61 bits per heavy atom. The molecule has 1 aliphatic rings. The van der Waals surface area contributed by atoms with E-state index < -0.39 is 12.2 Å². The molecule has 18 heavy (non-hydrogen) atoms. The van der Waals surface area contributed by atoms with Gasteiger partial charge < -0.3 is 5.32 Å². The molecule has 0 aliphatic carbocycles. The standard InChI is InChI=1S/C13H11ClF3N/c1-7(2)10-6-8-5-9(14)3-4-11(8)18-12(10)13(15,16)17/h3-6,12,18H,1H2,2H3. The van der Waals surface area contributed by atoms with Crippen molar-refractivity contribution < 1.29 is 13.2 Å². The van der Waals surface area contributed by atoms with E-state index in [1.807, 2.05) is 0 Å². The van der Waals surface area contributed by atoms with Crippen LogP contribution in [0.5, 0.6) is 0 Å². The summed E-state index contributed by atoms with van der Waals surface area (Å²) in [5, 5.41) is 2.97. The molecule has 0 spiro atoms. The van der Waals surface area contributed by atoms with Crippen LogP contribution in [0.15, 0.2) is 35.9 Å². The summed E-state index contributed by atoms with van der Waals surface area (Å²) >= 11 is 5.83. The van der Waals surface area contributed by atoms with Crippen LogP contribution in [0.1, 0.15) is 12.5 Å². The predicted molar refractivity (Wildman–Crippen MR) is 67.7 cm³/mol. The first-order valence-corrected chi connectivity index (χ1v) is 5.67. The zero-order chi connectivity index (χ0) is 13.5. The van der Waals surface area contributed by atoms with Crippen LogP contribution in [0.2, 0.25) is 5.02 Å². The molecule has 0 aromatic heterocycles. The van der Waals surface area contributed by atoms with Crippen LogP contribution in [0.25, 0.3) is 6.08 Å². The zero-order valence-electron chi connectivity index (χ0n) is 9.61. The normalized spacial score (nSPS) is 18.7. The average molecular weight is 274 g/mol. The number of halogens is 4. The van der Waals surface area contributed by atoms with E-state index in [0.717, 1.165) is 0 Å². The first-order chi connectivity index (χ1) is 8.29. The van der Waals surface area contributed by atoms with Gasteiger partial charge in [-0.05, 0) is 42.3 Å². The molecule has 0 fully saturated rings. The minimum atomic E-state index is -4.36. The Balaban J connectivity index is 2.53. The molecule has 96 valence electrons. The second-order valence-electron chi connectivity index (χ2n) is 4.23. The van der Waals surface area contributed by atoms with Gasteiger partial charge in [-0.2, -0.15) is 13.2 Å². The largest absolute Gasteiger partial charge is 0.412 e. The van der Waals surface area contributed by atoms with Crippen LogP contribution in [0.3, 0.4) is 0 Å². The summed E-state index contributed by atoms with van der Waals surface area (Å²) in [6.45, 7) is 5.15. The summed E-state index contributed by atoms with van der Waals surface area (Å²) < 4.78 is 38.9. The van der Waals surface area contributed by atoms with Crippen molar-refractivity contribution in [2.45, 2.75) is 19.1 Å². The van der Waals surface area contributed by atoms with Gasteiger partial charge in [-0.1, -0.05) is 23.8 Å². The summed E-state index contributed by atoms with van der Waals surface area (Å²) in [6.07, 6.45) is -2.87. The third-order valence-corrected chi connectivity index (χ3v) is 2.99. The van der Waals surface area contributed by atoms with Crippen molar-refractivity contribution in [1.29, 1.82) is 0 Å². The molecule has 0 amide bonds. The summed E-state index contributed by atoms with van der Waals surface area (Å²) in [5.41, 5.74) is 1.58. The Labute approximate surface area is 108 Å². The van der Waals surface area contributed by atoms with Gasteiger partial charge in [0.05, 0.1) is 0 Å². The van der Waals surface area contributed by atoms with Crippen molar-refractivity contribution in [2.75, 3.05) is 5.32 Å². The Kier molecular flexibility index (Phi) is 3.15. The van der Waals surface area contributed by atoms with E-state index in [1.54, 1.807) is 25.1 Å². The third-order valence-electron chi connectivity index (χ3n) is 2.76. The van der Waals surface area contributed by atoms with E-state index >= 15 is 0 Å². The summed E-state index contributed by atoms with van der Waals surface area (Å²) in [4.78, 5) is 0. The number of anilines is 1. The number of hydrogen-bond acceptors (Lipinski definition) is 1. The fourth-order valence-corrected chi connectivity index (χ4v) is 2.08. The fraction of sp³-hybridized carbons (Fsp3) is 0.231.